The fourth-order valence-corrected chi connectivity index (χ4v) is 5.02. The van der Waals surface area contributed by atoms with Gasteiger partial charge in [-0.3, -0.25) is 9.69 Å². The van der Waals surface area contributed by atoms with Crippen LogP contribution in [0.3, 0.4) is 0 Å². The second-order valence-electron chi connectivity index (χ2n) is 7.55. The molecule has 0 radical (unpaired) electrons. The third kappa shape index (κ3) is 4.17. The molecule has 31 heavy (non-hydrogen) atoms. The van der Waals surface area contributed by atoms with Gasteiger partial charge in [0.05, 0.1) is 41.4 Å². The Morgan fingerprint density at radius 3 is 2.74 bits per heavy atom. The van der Waals surface area contributed by atoms with Gasteiger partial charge in [0.2, 0.25) is 5.91 Å². The van der Waals surface area contributed by atoms with Crippen molar-refractivity contribution < 1.29 is 14.3 Å². The van der Waals surface area contributed by atoms with Crippen molar-refractivity contribution in [2.45, 2.75) is 26.2 Å². The monoisotopic (exact) mass is 433 g/mol. The van der Waals surface area contributed by atoms with Gasteiger partial charge in [0, 0.05) is 18.0 Å². The number of carbonyl (C=O) groups excluding carboxylic acids is 2. The topological polar surface area (TPSA) is 73.6 Å². The molecule has 1 amide bonds. The number of nitriles is 1. The highest BCUT2D eigenvalue weighted by molar-refractivity contribution is 8.03. The van der Waals surface area contributed by atoms with Crippen molar-refractivity contribution in [1.29, 1.82) is 5.26 Å². The number of nitrogens with zero attached hydrogens (tertiary/aromatic N) is 3. The molecule has 0 aromatic heterocycles. The van der Waals surface area contributed by atoms with Crippen LogP contribution in [0.1, 0.15) is 40.7 Å². The van der Waals surface area contributed by atoms with Crippen LogP contribution < -0.4 is 4.90 Å². The van der Waals surface area contributed by atoms with E-state index in [1.165, 1.54) is 11.8 Å². The number of benzene rings is 2. The van der Waals surface area contributed by atoms with E-state index in [0.717, 1.165) is 21.8 Å². The van der Waals surface area contributed by atoms with E-state index >= 15 is 0 Å². The van der Waals surface area contributed by atoms with E-state index in [1.54, 1.807) is 24.0 Å². The summed E-state index contributed by atoms with van der Waals surface area (Å²) >= 11 is 1.48. The highest BCUT2D eigenvalue weighted by Crippen LogP contribution is 2.43. The number of carbonyl (C=O) groups is 2. The molecule has 2 heterocycles. The van der Waals surface area contributed by atoms with E-state index in [4.69, 9.17) is 4.74 Å². The molecule has 2 aromatic carbocycles. The number of esters is 1. The molecule has 2 aliphatic rings. The van der Waals surface area contributed by atoms with E-state index < -0.39 is 0 Å². The van der Waals surface area contributed by atoms with Gasteiger partial charge in [0.15, 0.2) is 0 Å². The van der Waals surface area contributed by atoms with Gasteiger partial charge in [-0.1, -0.05) is 47.7 Å². The van der Waals surface area contributed by atoms with E-state index in [2.05, 4.69) is 6.07 Å². The van der Waals surface area contributed by atoms with Gasteiger partial charge in [0.25, 0.3) is 0 Å². The van der Waals surface area contributed by atoms with Gasteiger partial charge < -0.3 is 9.64 Å². The maximum Gasteiger partial charge on any atom is 0.338 e. The maximum atomic E-state index is 13.0. The van der Waals surface area contributed by atoms with Crippen LogP contribution in [-0.2, 0) is 9.53 Å². The summed E-state index contributed by atoms with van der Waals surface area (Å²) in [5, 5.41) is 10.6. The van der Waals surface area contributed by atoms with Crippen molar-refractivity contribution in [2.24, 2.45) is 0 Å². The number of amides is 1. The molecule has 6 nitrogen and oxygen atoms in total. The van der Waals surface area contributed by atoms with Crippen molar-refractivity contribution in [1.82, 2.24) is 4.90 Å². The second kappa shape index (κ2) is 8.86. The Morgan fingerprint density at radius 1 is 1.26 bits per heavy atom. The van der Waals surface area contributed by atoms with Gasteiger partial charge in [-0.25, -0.2) is 4.79 Å². The highest BCUT2D eigenvalue weighted by Gasteiger charge is 2.38. The zero-order chi connectivity index (χ0) is 22.0. The fraction of sp³-hybridized carbons (Fsp3) is 0.292. The molecule has 0 N–H and O–H groups in total. The molecule has 158 valence electrons. The number of rotatable bonds is 4. The minimum absolute atomic E-state index is 0.00155. The Kier molecular flexibility index (Phi) is 6.01. The molecule has 2 aliphatic heterocycles. The van der Waals surface area contributed by atoms with Crippen molar-refractivity contribution in [3.63, 3.8) is 0 Å². The molecule has 0 saturated carbocycles. The van der Waals surface area contributed by atoms with Crippen molar-refractivity contribution in [3.05, 3.63) is 75.8 Å². The lowest BCUT2D eigenvalue weighted by Gasteiger charge is -2.42. The van der Waals surface area contributed by atoms with Crippen LogP contribution in [0, 0.1) is 18.3 Å². The second-order valence-corrected chi connectivity index (χ2v) is 8.48. The molecule has 0 unspecified atom stereocenters. The van der Waals surface area contributed by atoms with Crippen molar-refractivity contribution in [3.8, 4) is 6.07 Å². The molecule has 2 aromatic rings. The minimum atomic E-state index is -0.364. The molecular weight excluding hydrogens is 410 g/mol. The van der Waals surface area contributed by atoms with Crippen LogP contribution >= 0.6 is 11.8 Å². The Balaban J connectivity index is 1.61. The van der Waals surface area contributed by atoms with E-state index in [0.29, 0.717) is 30.3 Å². The van der Waals surface area contributed by atoms with E-state index in [-0.39, 0.29) is 24.2 Å². The van der Waals surface area contributed by atoms with Crippen LogP contribution in [0.15, 0.2) is 59.1 Å². The Bertz CT molecular complexity index is 1090. The predicted molar refractivity (Wildman–Crippen MR) is 120 cm³/mol. The molecule has 0 aliphatic carbocycles. The number of allylic oxidation sites excluding steroid dienone is 1. The summed E-state index contributed by atoms with van der Waals surface area (Å²) in [7, 11) is 0. The summed E-state index contributed by atoms with van der Waals surface area (Å²) in [6, 6.07) is 17.6. The molecule has 0 bridgehead atoms. The van der Waals surface area contributed by atoms with E-state index in [1.807, 2.05) is 48.2 Å². The Morgan fingerprint density at radius 2 is 2.03 bits per heavy atom. The van der Waals surface area contributed by atoms with Crippen molar-refractivity contribution >= 4 is 29.3 Å². The smallest absolute Gasteiger partial charge is 0.338 e. The number of ether oxygens (including phenoxy) is 1. The molecule has 7 heteroatoms. The third-order valence-corrected chi connectivity index (χ3v) is 6.65. The SMILES string of the molecule is CCOC(=O)c1cccc(N2CSC3=C(C#N)[C@H](c4ccc(C)cc4)CC(=O)N3C2)c1. The number of thioether (sulfide) groups is 1. The largest absolute Gasteiger partial charge is 0.462 e. The molecular formula is C24H23N3O3S. The van der Waals surface area contributed by atoms with Gasteiger partial charge in [0.1, 0.15) is 0 Å². The van der Waals surface area contributed by atoms with Crippen LogP contribution in [0.4, 0.5) is 5.69 Å². The number of fused-ring (bicyclic) bond motifs is 1. The average Bonchev–Trinajstić information content (AvgIpc) is 2.79. The summed E-state index contributed by atoms with van der Waals surface area (Å²) in [6.45, 7) is 4.45. The molecule has 4 rings (SSSR count). The standard InChI is InChI=1S/C24H23N3O3S/c1-3-30-24(29)18-5-4-6-19(11-18)26-14-27-22(28)12-20(17-9-7-16(2)8-10-17)21(13-25)23(27)31-15-26/h4-11,20H,3,12,14-15H2,1-2H3/t20-/m0/s1. The van der Waals surface area contributed by atoms with Crippen LogP contribution in [0.25, 0.3) is 0 Å². The maximum absolute atomic E-state index is 13.0. The third-order valence-electron chi connectivity index (χ3n) is 5.50. The summed E-state index contributed by atoms with van der Waals surface area (Å²) in [6.07, 6.45) is 0.271. The lowest BCUT2D eigenvalue weighted by Crippen LogP contribution is -2.47. The minimum Gasteiger partial charge on any atom is -0.462 e. The number of aryl methyl sites for hydroxylation is 1. The normalized spacial score (nSPS) is 18.5. The van der Waals surface area contributed by atoms with E-state index in [9.17, 15) is 14.9 Å². The number of hydrogen-bond acceptors (Lipinski definition) is 6. The molecule has 1 saturated heterocycles. The molecule has 1 atom stereocenters. The van der Waals surface area contributed by atoms with Crippen LogP contribution in [0.5, 0.6) is 0 Å². The Hall–Kier alpha value is -3.24. The first kappa shape index (κ1) is 21.0. The fourth-order valence-electron chi connectivity index (χ4n) is 3.85. The first-order valence-corrected chi connectivity index (χ1v) is 11.2. The zero-order valence-corrected chi connectivity index (χ0v) is 18.3. The zero-order valence-electron chi connectivity index (χ0n) is 17.5. The lowest BCUT2D eigenvalue weighted by atomic mass is 9.86. The first-order valence-electron chi connectivity index (χ1n) is 10.2. The van der Waals surface area contributed by atoms with Crippen molar-refractivity contribution in [2.75, 3.05) is 24.1 Å². The first-order chi connectivity index (χ1) is 15.0. The van der Waals surface area contributed by atoms with Gasteiger partial charge in [-0.05, 0) is 37.6 Å². The van der Waals surface area contributed by atoms with Gasteiger partial charge in [-0.2, -0.15) is 5.26 Å². The lowest BCUT2D eigenvalue weighted by molar-refractivity contribution is -0.129. The summed E-state index contributed by atoms with van der Waals surface area (Å²) < 4.78 is 5.09. The molecule has 0 spiro atoms. The quantitative estimate of drug-likeness (QED) is 0.666. The number of anilines is 1. The van der Waals surface area contributed by atoms with Gasteiger partial charge in [-0.15, -0.1) is 0 Å². The molecule has 1 fully saturated rings. The average molecular weight is 434 g/mol. The van der Waals surface area contributed by atoms with Gasteiger partial charge >= 0.3 is 5.97 Å². The van der Waals surface area contributed by atoms with Crippen LogP contribution in [-0.4, -0.2) is 35.9 Å². The van der Waals surface area contributed by atoms with Crippen LogP contribution in [0.2, 0.25) is 0 Å². The highest BCUT2D eigenvalue weighted by atomic mass is 32.2. The number of hydrogen-bond donors (Lipinski definition) is 0. The summed E-state index contributed by atoms with van der Waals surface area (Å²) in [5.74, 6) is 0.00204. The summed E-state index contributed by atoms with van der Waals surface area (Å²) in [5.41, 5.74) is 4.10. The Labute approximate surface area is 186 Å². The predicted octanol–water partition coefficient (Wildman–Crippen LogP) is 4.39. The summed E-state index contributed by atoms with van der Waals surface area (Å²) in [4.78, 5) is 28.8.